The van der Waals surface area contributed by atoms with Crippen LogP contribution in [0.4, 0.5) is 5.69 Å². The summed E-state index contributed by atoms with van der Waals surface area (Å²) < 4.78 is 32.7. The fraction of sp³-hybridized carbons (Fsp3) is 0.400. The van der Waals surface area contributed by atoms with Crippen LogP contribution in [-0.2, 0) is 22.0 Å². The van der Waals surface area contributed by atoms with E-state index in [1.54, 1.807) is 32.9 Å². The molecule has 35 heavy (non-hydrogen) atoms. The van der Waals surface area contributed by atoms with Crippen LogP contribution in [0.1, 0.15) is 56.4 Å². The van der Waals surface area contributed by atoms with E-state index in [-0.39, 0.29) is 29.3 Å². The second kappa shape index (κ2) is 10.2. The summed E-state index contributed by atoms with van der Waals surface area (Å²) in [6.07, 6.45) is 0.479. The van der Waals surface area contributed by atoms with Gasteiger partial charge < -0.3 is 15.5 Å². The number of hydrogen-bond donors (Lipinski definition) is 2. The van der Waals surface area contributed by atoms with E-state index in [0.29, 0.717) is 17.7 Å². The first kappa shape index (κ1) is 26.4. The molecule has 0 spiro atoms. The van der Waals surface area contributed by atoms with Gasteiger partial charge in [-0.25, -0.2) is 8.42 Å². The average Bonchev–Trinajstić information content (AvgIpc) is 3.29. The quantitative estimate of drug-likeness (QED) is 0.461. The van der Waals surface area contributed by atoms with Crippen LogP contribution in [0.5, 0.6) is 0 Å². The van der Waals surface area contributed by atoms with Crippen LogP contribution in [0.15, 0.2) is 52.9 Å². The lowest BCUT2D eigenvalue weighted by atomic mass is 9.94. The van der Waals surface area contributed by atoms with Gasteiger partial charge in [-0.1, -0.05) is 30.3 Å². The summed E-state index contributed by atoms with van der Waals surface area (Å²) in [5.41, 5.74) is 7.60. The van der Waals surface area contributed by atoms with Gasteiger partial charge in [0, 0.05) is 24.2 Å². The van der Waals surface area contributed by atoms with Gasteiger partial charge in [-0.3, -0.25) is 9.10 Å². The van der Waals surface area contributed by atoms with E-state index in [2.05, 4.69) is 15.5 Å². The molecule has 9 nitrogen and oxygen atoms in total. The first-order valence-electron chi connectivity index (χ1n) is 11.4. The number of nitrogens with one attached hydrogen (secondary N) is 1. The lowest BCUT2D eigenvalue weighted by Crippen LogP contribution is -2.35. The number of benzene rings is 2. The number of nitrogens with two attached hydrogens (primary N) is 1. The van der Waals surface area contributed by atoms with E-state index in [9.17, 15) is 13.2 Å². The van der Waals surface area contributed by atoms with Crippen LogP contribution in [0.25, 0.3) is 11.5 Å². The number of nitrogens with zero attached hydrogens (tertiary/aromatic N) is 3. The maximum Gasteiger partial charge on any atom is 0.251 e. The predicted molar refractivity (Wildman–Crippen MR) is 136 cm³/mol. The predicted octanol–water partition coefficient (Wildman–Crippen LogP) is 3.47. The summed E-state index contributed by atoms with van der Waals surface area (Å²) >= 11 is 0. The highest BCUT2D eigenvalue weighted by Gasteiger charge is 2.30. The lowest BCUT2D eigenvalue weighted by Gasteiger charge is -2.23. The fourth-order valence-corrected chi connectivity index (χ4v) is 4.55. The Bertz CT molecular complexity index is 1280. The third-order valence-electron chi connectivity index (χ3n) is 5.52. The molecule has 1 amide bonds. The molecule has 0 bridgehead atoms. The Morgan fingerprint density at radius 2 is 1.77 bits per heavy atom. The van der Waals surface area contributed by atoms with Crippen LogP contribution in [0.2, 0.25) is 0 Å². The molecule has 0 saturated carbocycles. The van der Waals surface area contributed by atoms with Crippen LogP contribution < -0.4 is 15.4 Å². The third kappa shape index (κ3) is 6.07. The molecule has 0 unspecified atom stereocenters. The molecule has 0 fully saturated rings. The Balaban J connectivity index is 2.04. The Morgan fingerprint density at radius 1 is 1.11 bits per heavy atom. The Morgan fingerprint density at radius 3 is 2.37 bits per heavy atom. The zero-order valence-corrected chi connectivity index (χ0v) is 21.8. The summed E-state index contributed by atoms with van der Waals surface area (Å²) in [6.45, 7) is 8.69. The number of carbonyl (C=O) groups excluding carboxylic acids is 1. The number of carbonyl (C=O) groups is 1. The van der Waals surface area contributed by atoms with Crippen molar-refractivity contribution in [3.63, 3.8) is 0 Å². The largest absolute Gasteiger partial charge is 0.419 e. The summed E-state index contributed by atoms with van der Waals surface area (Å²) in [6, 6.07) is 14.4. The highest BCUT2D eigenvalue weighted by atomic mass is 32.2. The van der Waals surface area contributed by atoms with Gasteiger partial charge in [-0.05, 0) is 64.8 Å². The molecule has 1 atom stereocenters. The molecule has 0 saturated heterocycles. The van der Waals surface area contributed by atoms with Crippen molar-refractivity contribution >= 4 is 21.6 Å². The molecule has 3 N–H and O–H groups in total. The summed E-state index contributed by atoms with van der Waals surface area (Å²) in [4.78, 5) is 12.8. The van der Waals surface area contributed by atoms with Gasteiger partial charge in [0.15, 0.2) is 0 Å². The van der Waals surface area contributed by atoms with Crippen LogP contribution in [0, 0.1) is 0 Å². The van der Waals surface area contributed by atoms with Crippen molar-refractivity contribution in [1.29, 1.82) is 0 Å². The smallest absolute Gasteiger partial charge is 0.251 e. The van der Waals surface area contributed by atoms with Gasteiger partial charge in [-0.2, -0.15) is 0 Å². The molecular formula is C25H33N5O4S. The fourth-order valence-electron chi connectivity index (χ4n) is 3.52. The van der Waals surface area contributed by atoms with Crippen LogP contribution >= 0.6 is 0 Å². The first-order chi connectivity index (χ1) is 16.3. The monoisotopic (exact) mass is 499 g/mol. The molecule has 1 aromatic heterocycles. The van der Waals surface area contributed by atoms with Gasteiger partial charge in [0.25, 0.3) is 5.91 Å². The minimum Gasteiger partial charge on any atom is -0.419 e. The van der Waals surface area contributed by atoms with Crippen molar-refractivity contribution in [2.24, 2.45) is 5.73 Å². The van der Waals surface area contributed by atoms with Crippen molar-refractivity contribution in [3.05, 3.63) is 65.5 Å². The zero-order valence-electron chi connectivity index (χ0n) is 20.9. The minimum absolute atomic E-state index is 0.0994. The van der Waals surface area contributed by atoms with Gasteiger partial charge in [-0.15, -0.1) is 10.2 Å². The van der Waals surface area contributed by atoms with E-state index in [1.165, 1.54) is 13.1 Å². The normalized spacial score (nSPS) is 13.6. The topological polar surface area (TPSA) is 131 Å². The number of aromatic nitrogens is 2. The summed E-state index contributed by atoms with van der Waals surface area (Å²) in [5, 5.41) is 10.5. The number of rotatable bonds is 9. The van der Waals surface area contributed by atoms with E-state index < -0.39 is 20.8 Å². The molecule has 188 valence electrons. The summed E-state index contributed by atoms with van der Waals surface area (Å²) in [5.74, 6) is 0.0320. The van der Waals surface area contributed by atoms with E-state index in [0.717, 1.165) is 9.87 Å². The minimum atomic E-state index is -3.63. The van der Waals surface area contributed by atoms with Crippen molar-refractivity contribution in [3.8, 4) is 11.5 Å². The molecule has 0 aliphatic carbocycles. The number of amides is 1. The molecule has 0 aliphatic rings. The van der Waals surface area contributed by atoms with Gasteiger partial charge in [0.05, 0.1) is 16.5 Å². The second-order valence-electron chi connectivity index (χ2n) is 9.45. The van der Waals surface area contributed by atoms with Crippen molar-refractivity contribution in [2.45, 2.75) is 57.9 Å². The Kier molecular flexibility index (Phi) is 7.66. The molecule has 0 radical (unpaired) electrons. The molecular weight excluding hydrogens is 466 g/mol. The molecule has 10 heteroatoms. The van der Waals surface area contributed by atoms with E-state index in [1.807, 2.05) is 44.2 Å². The van der Waals surface area contributed by atoms with Crippen molar-refractivity contribution in [1.82, 2.24) is 15.5 Å². The third-order valence-corrected chi connectivity index (χ3v) is 7.68. The van der Waals surface area contributed by atoms with E-state index >= 15 is 0 Å². The highest BCUT2D eigenvalue weighted by molar-refractivity contribution is 7.93. The average molecular weight is 500 g/mol. The second-order valence-corrected chi connectivity index (χ2v) is 12.0. The van der Waals surface area contributed by atoms with E-state index in [4.69, 9.17) is 10.2 Å². The standard InChI is InChI=1S/C25H33N5O4S/c1-16(2)27-22(31)19-12-20(14-21(13-19)30(6)35(32,33)17(3)4)23-28-29-24(34-23)25(5,26)15-18-10-8-7-9-11-18/h7-14,16-17H,15,26H2,1-6H3,(H,27,31)/t25-/m1/s1. The molecule has 1 heterocycles. The number of hydrogen-bond acceptors (Lipinski definition) is 7. The lowest BCUT2D eigenvalue weighted by molar-refractivity contribution is 0.0943. The number of anilines is 1. The maximum absolute atomic E-state index is 12.8. The van der Waals surface area contributed by atoms with Crippen molar-refractivity contribution in [2.75, 3.05) is 11.4 Å². The van der Waals surface area contributed by atoms with Gasteiger partial charge >= 0.3 is 0 Å². The zero-order chi connectivity index (χ0) is 26.0. The van der Waals surface area contributed by atoms with Crippen molar-refractivity contribution < 1.29 is 17.6 Å². The molecule has 3 rings (SSSR count). The van der Waals surface area contributed by atoms with Gasteiger partial charge in [0.2, 0.25) is 21.8 Å². The van der Waals surface area contributed by atoms with Crippen LogP contribution in [-0.4, -0.2) is 42.9 Å². The highest BCUT2D eigenvalue weighted by Crippen LogP contribution is 2.30. The molecule has 2 aromatic carbocycles. The molecule has 3 aromatic rings. The van der Waals surface area contributed by atoms with Crippen LogP contribution in [0.3, 0.4) is 0 Å². The summed E-state index contributed by atoms with van der Waals surface area (Å²) in [7, 11) is -2.18. The maximum atomic E-state index is 12.8. The SMILES string of the molecule is CC(C)NC(=O)c1cc(-c2nnc([C@](C)(N)Cc3ccccc3)o2)cc(N(C)S(=O)(=O)C(C)C)c1. The molecule has 0 aliphatic heterocycles. The van der Waals surface area contributed by atoms with Gasteiger partial charge in [0.1, 0.15) is 0 Å². The Labute approximate surface area is 206 Å². The number of sulfonamides is 1. The first-order valence-corrected chi connectivity index (χ1v) is 12.9. The Hall–Kier alpha value is -3.24.